The molecule has 1 heterocycles. The molecule has 1 unspecified atom stereocenters. The summed E-state index contributed by atoms with van der Waals surface area (Å²) in [6, 6.07) is 3.83. The normalized spacial score (nSPS) is 12.5. The van der Waals surface area contributed by atoms with Crippen LogP contribution in [0.3, 0.4) is 0 Å². The second-order valence-electron chi connectivity index (χ2n) is 3.67. The van der Waals surface area contributed by atoms with E-state index in [0.29, 0.717) is 13.0 Å². The molecule has 1 amide bonds. The number of thiophene rings is 1. The zero-order valence-electron chi connectivity index (χ0n) is 9.55. The molecule has 1 aromatic heterocycles. The number of aliphatic carboxylic acids is 1. The van der Waals surface area contributed by atoms with E-state index in [1.165, 1.54) is 6.08 Å². The van der Waals surface area contributed by atoms with Gasteiger partial charge in [0.25, 0.3) is 0 Å². The lowest BCUT2D eigenvalue weighted by molar-refractivity contribution is -0.141. The monoisotopic (exact) mass is 253 g/mol. The molecule has 0 fully saturated rings. The maximum absolute atomic E-state index is 11.3. The van der Waals surface area contributed by atoms with E-state index in [9.17, 15) is 9.59 Å². The van der Waals surface area contributed by atoms with Crippen molar-refractivity contribution < 1.29 is 14.7 Å². The van der Waals surface area contributed by atoms with Gasteiger partial charge in [0.1, 0.15) is 0 Å². The maximum atomic E-state index is 11.3. The fourth-order valence-corrected chi connectivity index (χ4v) is 1.76. The van der Waals surface area contributed by atoms with E-state index in [2.05, 4.69) is 5.32 Å². The summed E-state index contributed by atoms with van der Waals surface area (Å²) in [6.45, 7) is 2.00. The van der Waals surface area contributed by atoms with E-state index in [-0.39, 0.29) is 5.91 Å². The smallest absolute Gasteiger partial charge is 0.306 e. The summed E-state index contributed by atoms with van der Waals surface area (Å²) in [6.07, 6.45) is 3.63. The fraction of sp³-hybridized carbons (Fsp3) is 0.333. The zero-order valence-corrected chi connectivity index (χ0v) is 10.4. The number of hydrogen-bond donors (Lipinski definition) is 2. The number of carboxylic acids is 1. The molecule has 0 saturated carbocycles. The first-order chi connectivity index (χ1) is 8.09. The Labute approximate surface area is 104 Å². The van der Waals surface area contributed by atoms with Crippen LogP contribution in [0, 0.1) is 5.92 Å². The molecule has 1 aromatic rings. The highest BCUT2D eigenvalue weighted by atomic mass is 32.1. The third kappa shape index (κ3) is 5.31. The van der Waals surface area contributed by atoms with E-state index in [0.717, 1.165) is 4.88 Å². The van der Waals surface area contributed by atoms with Gasteiger partial charge in [0.15, 0.2) is 0 Å². The summed E-state index contributed by atoms with van der Waals surface area (Å²) in [5.74, 6) is -1.47. The highest BCUT2D eigenvalue weighted by molar-refractivity contribution is 7.10. The van der Waals surface area contributed by atoms with Gasteiger partial charge >= 0.3 is 5.97 Å². The van der Waals surface area contributed by atoms with Crippen LogP contribution in [0.1, 0.15) is 18.2 Å². The molecule has 92 valence electrons. The van der Waals surface area contributed by atoms with Gasteiger partial charge in [0.2, 0.25) is 5.91 Å². The molecule has 0 aromatic carbocycles. The molecule has 5 heteroatoms. The van der Waals surface area contributed by atoms with Crippen molar-refractivity contribution in [2.45, 2.75) is 13.3 Å². The van der Waals surface area contributed by atoms with Gasteiger partial charge in [-0.25, -0.2) is 0 Å². The average molecular weight is 253 g/mol. The second-order valence-corrected chi connectivity index (χ2v) is 4.65. The lowest BCUT2D eigenvalue weighted by Crippen LogP contribution is -2.25. The summed E-state index contributed by atoms with van der Waals surface area (Å²) in [5.41, 5.74) is 0. The minimum atomic E-state index is -0.839. The highest BCUT2D eigenvalue weighted by Gasteiger charge is 2.09. The predicted molar refractivity (Wildman–Crippen MR) is 67.8 cm³/mol. The number of hydrogen-bond acceptors (Lipinski definition) is 3. The molecular formula is C12H15NO3S. The quantitative estimate of drug-likeness (QED) is 0.762. The Bertz CT molecular complexity index is 398. The number of carbonyl (C=O) groups is 2. The van der Waals surface area contributed by atoms with Crippen molar-refractivity contribution in [3.05, 3.63) is 28.5 Å². The number of amides is 1. The molecule has 0 spiro atoms. The van der Waals surface area contributed by atoms with Crippen LogP contribution in [0.5, 0.6) is 0 Å². The minimum Gasteiger partial charge on any atom is -0.481 e. The molecule has 0 aliphatic carbocycles. The van der Waals surface area contributed by atoms with Crippen LogP contribution >= 0.6 is 11.3 Å². The first kappa shape index (κ1) is 13.4. The Kier molecular flexibility index (Phi) is 5.42. The van der Waals surface area contributed by atoms with Gasteiger partial charge in [0.05, 0.1) is 5.92 Å². The molecule has 17 heavy (non-hydrogen) atoms. The molecule has 2 N–H and O–H groups in total. The summed E-state index contributed by atoms with van der Waals surface area (Å²) < 4.78 is 0. The van der Waals surface area contributed by atoms with Gasteiger partial charge in [-0.05, 0) is 23.9 Å². The molecule has 4 nitrogen and oxygen atoms in total. The molecule has 0 aliphatic rings. The third-order valence-electron chi connectivity index (χ3n) is 2.24. The van der Waals surface area contributed by atoms with Crippen LogP contribution in [0.2, 0.25) is 0 Å². The van der Waals surface area contributed by atoms with Crippen LogP contribution in [0.15, 0.2) is 23.6 Å². The van der Waals surface area contributed by atoms with Crippen molar-refractivity contribution in [1.29, 1.82) is 0 Å². The summed E-state index contributed by atoms with van der Waals surface area (Å²) in [5, 5.41) is 13.2. The predicted octanol–water partition coefficient (Wildman–Crippen LogP) is 1.99. The summed E-state index contributed by atoms with van der Waals surface area (Å²) in [7, 11) is 0. The Hall–Kier alpha value is -1.62. The van der Waals surface area contributed by atoms with E-state index < -0.39 is 11.9 Å². The van der Waals surface area contributed by atoms with Gasteiger partial charge < -0.3 is 10.4 Å². The second kappa shape index (κ2) is 6.85. The largest absolute Gasteiger partial charge is 0.481 e. The van der Waals surface area contributed by atoms with Crippen LogP contribution in [0.25, 0.3) is 6.08 Å². The van der Waals surface area contributed by atoms with E-state index in [1.807, 2.05) is 17.5 Å². The lowest BCUT2D eigenvalue weighted by atomic mass is 10.1. The maximum Gasteiger partial charge on any atom is 0.306 e. The van der Waals surface area contributed by atoms with Gasteiger partial charge in [0, 0.05) is 17.5 Å². The summed E-state index contributed by atoms with van der Waals surface area (Å²) in [4.78, 5) is 22.9. The van der Waals surface area contributed by atoms with Crippen molar-refractivity contribution in [2.24, 2.45) is 5.92 Å². The number of carboxylic acid groups (broad SMARTS) is 1. The van der Waals surface area contributed by atoms with Crippen LogP contribution in [0.4, 0.5) is 0 Å². The average Bonchev–Trinajstić information content (AvgIpc) is 2.78. The first-order valence-electron chi connectivity index (χ1n) is 5.32. The van der Waals surface area contributed by atoms with E-state index in [1.54, 1.807) is 24.3 Å². The third-order valence-corrected chi connectivity index (χ3v) is 3.08. The van der Waals surface area contributed by atoms with Gasteiger partial charge in [-0.3, -0.25) is 9.59 Å². The highest BCUT2D eigenvalue weighted by Crippen LogP contribution is 2.09. The SMILES string of the molecule is CC(CCNC(=O)/C=C/c1cccs1)C(=O)O. The fourth-order valence-electron chi connectivity index (χ4n) is 1.14. The molecule has 1 atom stereocenters. The Morgan fingerprint density at radius 2 is 2.35 bits per heavy atom. The number of nitrogens with one attached hydrogen (secondary N) is 1. The molecule has 0 bridgehead atoms. The molecule has 0 saturated heterocycles. The van der Waals surface area contributed by atoms with Gasteiger partial charge in [-0.2, -0.15) is 0 Å². The van der Waals surface area contributed by atoms with Crippen molar-refractivity contribution in [2.75, 3.05) is 6.54 Å². The standard InChI is InChI=1S/C12H15NO3S/c1-9(12(15)16)6-7-13-11(14)5-4-10-3-2-8-17-10/h2-5,8-9H,6-7H2,1H3,(H,13,14)(H,15,16)/b5-4+. The molecule has 1 rings (SSSR count). The van der Waals surface area contributed by atoms with E-state index >= 15 is 0 Å². The van der Waals surface area contributed by atoms with Crippen LogP contribution < -0.4 is 5.32 Å². The van der Waals surface area contributed by atoms with Crippen LogP contribution in [-0.4, -0.2) is 23.5 Å². The molecular weight excluding hydrogens is 238 g/mol. The van der Waals surface area contributed by atoms with Crippen molar-refractivity contribution in [3.63, 3.8) is 0 Å². The van der Waals surface area contributed by atoms with Crippen molar-refractivity contribution in [1.82, 2.24) is 5.32 Å². The molecule has 0 radical (unpaired) electrons. The molecule has 0 aliphatic heterocycles. The van der Waals surface area contributed by atoms with Crippen molar-refractivity contribution in [3.8, 4) is 0 Å². The van der Waals surface area contributed by atoms with Crippen molar-refractivity contribution >= 4 is 29.3 Å². The first-order valence-corrected chi connectivity index (χ1v) is 6.20. The minimum absolute atomic E-state index is 0.198. The topological polar surface area (TPSA) is 66.4 Å². The number of rotatable bonds is 6. The summed E-state index contributed by atoms with van der Waals surface area (Å²) >= 11 is 1.55. The zero-order chi connectivity index (χ0) is 12.7. The number of carbonyl (C=O) groups excluding carboxylic acids is 1. The van der Waals surface area contributed by atoms with Gasteiger partial charge in [-0.1, -0.05) is 13.0 Å². The lowest BCUT2D eigenvalue weighted by Gasteiger charge is -2.05. The Morgan fingerprint density at radius 1 is 1.59 bits per heavy atom. The van der Waals surface area contributed by atoms with E-state index in [4.69, 9.17) is 5.11 Å². The Morgan fingerprint density at radius 3 is 2.94 bits per heavy atom. The van der Waals surface area contributed by atoms with Crippen LogP contribution in [-0.2, 0) is 9.59 Å². The Balaban J connectivity index is 2.24. The van der Waals surface area contributed by atoms with Gasteiger partial charge in [-0.15, -0.1) is 11.3 Å².